The highest BCUT2D eigenvalue weighted by Crippen LogP contribution is 2.60. The summed E-state index contributed by atoms with van der Waals surface area (Å²) in [6.07, 6.45) is 7.34. The van der Waals surface area contributed by atoms with Gasteiger partial charge in [0.2, 0.25) is 0 Å². The number of hydrogen-bond acceptors (Lipinski definition) is 8. The van der Waals surface area contributed by atoms with Crippen molar-refractivity contribution in [2.75, 3.05) is 105 Å². The fraction of sp³-hybridized carbons (Fsp3) is 1.00. The van der Waals surface area contributed by atoms with Crippen molar-refractivity contribution >= 4 is 0 Å². The van der Waals surface area contributed by atoms with Crippen LogP contribution in [0.1, 0.15) is 38.5 Å². The molecule has 0 aromatic rings. The third-order valence-corrected chi connectivity index (χ3v) is 8.54. The molecule has 0 aromatic carbocycles. The predicted molar refractivity (Wildman–Crippen MR) is 128 cm³/mol. The molecular weight excluding hydrogens is 436 g/mol. The van der Waals surface area contributed by atoms with E-state index in [0.717, 1.165) is 70.7 Å². The maximum Gasteiger partial charge on any atom is 0.0716 e. The van der Waals surface area contributed by atoms with E-state index < -0.39 is 0 Å². The first-order valence-electron chi connectivity index (χ1n) is 13.8. The van der Waals surface area contributed by atoms with Gasteiger partial charge in [-0.1, -0.05) is 0 Å². The third-order valence-electron chi connectivity index (χ3n) is 8.54. The molecule has 0 radical (unpaired) electrons. The minimum absolute atomic E-state index is 0.0238. The molecule has 196 valence electrons. The average Bonchev–Trinajstić information content (AvgIpc) is 2.79. The molecule has 0 atom stereocenters. The van der Waals surface area contributed by atoms with Crippen LogP contribution in [-0.4, -0.2) is 126 Å². The van der Waals surface area contributed by atoms with Crippen LogP contribution in [0, 0.1) is 11.8 Å². The first-order valence-corrected chi connectivity index (χ1v) is 13.8. The monoisotopic (exact) mass is 482 g/mol. The van der Waals surface area contributed by atoms with Crippen LogP contribution in [0.3, 0.4) is 0 Å². The van der Waals surface area contributed by atoms with Crippen LogP contribution in [-0.2, 0) is 28.4 Å². The number of ether oxygens (including phenoxy) is 6. The van der Waals surface area contributed by atoms with Crippen LogP contribution in [0.25, 0.3) is 0 Å². The first kappa shape index (κ1) is 25.3. The normalized spacial score (nSPS) is 43.8. The van der Waals surface area contributed by atoms with Crippen LogP contribution in [0.2, 0.25) is 0 Å². The summed E-state index contributed by atoms with van der Waals surface area (Å²) in [5.41, 5.74) is 0.0475. The van der Waals surface area contributed by atoms with Crippen LogP contribution in [0.5, 0.6) is 0 Å². The maximum atomic E-state index is 6.79. The maximum absolute atomic E-state index is 6.79. The second-order valence-electron chi connectivity index (χ2n) is 11.2. The molecule has 7 fully saturated rings. The average molecular weight is 483 g/mol. The van der Waals surface area contributed by atoms with Gasteiger partial charge >= 0.3 is 0 Å². The summed E-state index contributed by atoms with van der Waals surface area (Å²) in [6, 6.07) is 0. The molecule has 3 saturated heterocycles. The van der Waals surface area contributed by atoms with Gasteiger partial charge in [0.15, 0.2) is 0 Å². The van der Waals surface area contributed by atoms with Crippen molar-refractivity contribution in [1.29, 1.82) is 0 Å². The van der Waals surface area contributed by atoms with E-state index in [1.54, 1.807) is 0 Å². The highest BCUT2D eigenvalue weighted by molar-refractivity contribution is 5.10. The molecule has 8 heteroatoms. The molecule has 6 bridgehead atoms. The van der Waals surface area contributed by atoms with Gasteiger partial charge in [-0.25, -0.2) is 0 Å². The summed E-state index contributed by atoms with van der Waals surface area (Å²) in [6.45, 7) is 12.4. The zero-order chi connectivity index (χ0) is 23.1. The van der Waals surface area contributed by atoms with Crippen molar-refractivity contribution in [1.82, 2.24) is 9.80 Å². The molecule has 2 spiro atoms. The zero-order valence-electron chi connectivity index (χ0n) is 21.1. The number of nitrogens with zero attached hydrogens (tertiary/aromatic N) is 2. The summed E-state index contributed by atoms with van der Waals surface area (Å²) in [7, 11) is 0. The summed E-state index contributed by atoms with van der Waals surface area (Å²) in [5.74, 6) is 1.53. The molecule has 0 aromatic heterocycles. The van der Waals surface area contributed by atoms with Crippen molar-refractivity contribution < 1.29 is 28.4 Å². The molecular formula is C26H46N2O6. The molecule has 3 aliphatic heterocycles. The Hall–Kier alpha value is -0.320. The van der Waals surface area contributed by atoms with E-state index in [2.05, 4.69) is 9.80 Å². The Bertz CT molecular complexity index is 540. The Balaban J connectivity index is 1.30. The molecule has 34 heavy (non-hydrogen) atoms. The van der Waals surface area contributed by atoms with Crippen LogP contribution in [0.15, 0.2) is 0 Å². The standard InChI is InChI=1S/C26H46N2O6/c1-7-29-13-14-31-9-3-28-4-10-32-16-15-30-8-2-27(1)5-11-33-25-18-23-17-24(19-25)21-26(20-23,22-25)34-12-6-28/h23-24H,1-22H2. The van der Waals surface area contributed by atoms with E-state index in [1.807, 2.05) is 0 Å². The Labute approximate surface area is 205 Å². The summed E-state index contributed by atoms with van der Waals surface area (Å²) in [5, 5.41) is 0. The van der Waals surface area contributed by atoms with Crippen molar-refractivity contribution in [3.8, 4) is 0 Å². The van der Waals surface area contributed by atoms with Crippen LogP contribution in [0.4, 0.5) is 0 Å². The van der Waals surface area contributed by atoms with E-state index in [-0.39, 0.29) is 11.2 Å². The van der Waals surface area contributed by atoms with Gasteiger partial charge in [0, 0.05) is 45.7 Å². The second kappa shape index (κ2) is 12.3. The lowest BCUT2D eigenvalue weighted by Crippen LogP contribution is -2.61. The minimum Gasteiger partial charge on any atom is -0.378 e. The van der Waals surface area contributed by atoms with Crippen molar-refractivity contribution in [2.24, 2.45) is 11.8 Å². The van der Waals surface area contributed by atoms with E-state index in [4.69, 9.17) is 28.4 Å². The molecule has 0 amide bonds. The molecule has 4 saturated carbocycles. The number of fused-ring (bicyclic) bond motifs is 18. The predicted octanol–water partition coefficient (Wildman–Crippen LogP) is 1.81. The summed E-state index contributed by atoms with van der Waals surface area (Å²) >= 11 is 0. The Morgan fingerprint density at radius 3 is 1.18 bits per heavy atom. The van der Waals surface area contributed by atoms with E-state index in [9.17, 15) is 0 Å². The molecule has 7 rings (SSSR count). The van der Waals surface area contributed by atoms with Gasteiger partial charge in [-0.3, -0.25) is 9.80 Å². The second-order valence-corrected chi connectivity index (χ2v) is 11.2. The lowest BCUT2D eigenvalue weighted by Gasteiger charge is -2.61. The van der Waals surface area contributed by atoms with E-state index in [0.29, 0.717) is 52.9 Å². The van der Waals surface area contributed by atoms with E-state index >= 15 is 0 Å². The van der Waals surface area contributed by atoms with E-state index in [1.165, 1.54) is 32.1 Å². The Kier molecular flexibility index (Phi) is 9.15. The summed E-state index contributed by atoms with van der Waals surface area (Å²) in [4.78, 5) is 4.84. The Morgan fingerprint density at radius 2 is 0.794 bits per heavy atom. The largest absolute Gasteiger partial charge is 0.378 e. The lowest BCUT2D eigenvalue weighted by molar-refractivity contribution is -0.238. The first-order chi connectivity index (χ1) is 16.7. The van der Waals surface area contributed by atoms with Crippen LogP contribution >= 0.6 is 0 Å². The molecule has 4 aliphatic carbocycles. The number of hydrogen-bond donors (Lipinski definition) is 0. The quantitative estimate of drug-likeness (QED) is 0.518. The van der Waals surface area contributed by atoms with Gasteiger partial charge in [0.1, 0.15) is 0 Å². The Morgan fingerprint density at radius 1 is 0.441 bits per heavy atom. The molecule has 3 heterocycles. The fourth-order valence-electron chi connectivity index (χ4n) is 7.31. The molecule has 0 N–H and O–H groups in total. The van der Waals surface area contributed by atoms with Crippen molar-refractivity contribution in [2.45, 2.75) is 49.7 Å². The number of rotatable bonds is 0. The van der Waals surface area contributed by atoms with Gasteiger partial charge in [0.05, 0.1) is 77.3 Å². The van der Waals surface area contributed by atoms with Gasteiger partial charge in [-0.15, -0.1) is 0 Å². The van der Waals surface area contributed by atoms with Gasteiger partial charge < -0.3 is 28.4 Å². The van der Waals surface area contributed by atoms with Gasteiger partial charge in [-0.2, -0.15) is 0 Å². The fourth-order valence-corrected chi connectivity index (χ4v) is 7.31. The van der Waals surface area contributed by atoms with Gasteiger partial charge in [-0.05, 0) is 43.9 Å². The highest BCUT2D eigenvalue weighted by Gasteiger charge is 2.59. The minimum atomic E-state index is 0.0238. The molecule has 7 aliphatic rings. The topological polar surface area (TPSA) is 61.9 Å². The third kappa shape index (κ3) is 6.91. The van der Waals surface area contributed by atoms with Crippen LogP contribution < -0.4 is 0 Å². The summed E-state index contributed by atoms with van der Waals surface area (Å²) < 4.78 is 37.0. The SMILES string of the molecule is C1COCCN2CCOCCOCCN(CCO1)CCOC13CC4CC(C1)CC(C4)(C3)OCC2. The molecule has 8 nitrogen and oxygen atoms in total. The van der Waals surface area contributed by atoms with Gasteiger partial charge in [0.25, 0.3) is 0 Å². The zero-order valence-corrected chi connectivity index (χ0v) is 21.1. The van der Waals surface area contributed by atoms with Crippen molar-refractivity contribution in [3.63, 3.8) is 0 Å². The lowest BCUT2D eigenvalue weighted by atomic mass is 9.52. The van der Waals surface area contributed by atoms with Crippen molar-refractivity contribution in [3.05, 3.63) is 0 Å². The molecule has 0 unspecified atom stereocenters. The smallest absolute Gasteiger partial charge is 0.0716 e. The highest BCUT2D eigenvalue weighted by atomic mass is 16.5.